The van der Waals surface area contributed by atoms with Crippen LogP contribution in [0.2, 0.25) is 0 Å². The van der Waals surface area contributed by atoms with E-state index in [9.17, 15) is 13.2 Å². The molecule has 1 aromatic carbocycles. The number of alkyl halides is 3. The van der Waals surface area contributed by atoms with E-state index in [4.69, 9.17) is 9.47 Å². The van der Waals surface area contributed by atoms with E-state index < -0.39 is 5.51 Å². The summed E-state index contributed by atoms with van der Waals surface area (Å²) in [4.78, 5) is 0. The first-order valence-corrected chi connectivity index (χ1v) is 6.78. The van der Waals surface area contributed by atoms with Crippen molar-refractivity contribution in [3.05, 3.63) is 23.8 Å². The lowest BCUT2D eigenvalue weighted by molar-refractivity contribution is -0.0327. The second-order valence-electron chi connectivity index (χ2n) is 4.08. The van der Waals surface area contributed by atoms with Crippen LogP contribution in [0.15, 0.2) is 18.2 Å². The minimum atomic E-state index is -4.16. The Morgan fingerprint density at radius 1 is 1.32 bits per heavy atom. The summed E-state index contributed by atoms with van der Waals surface area (Å²) in [7, 11) is 0. The van der Waals surface area contributed by atoms with Crippen LogP contribution < -0.4 is 14.8 Å². The summed E-state index contributed by atoms with van der Waals surface area (Å²) in [5, 5.41) is 3.05. The monoisotopic (exact) mass is 293 g/mol. The molecule has 1 aromatic rings. The van der Waals surface area contributed by atoms with Crippen LogP contribution in [0.5, 0.6) is 11.5 Å². The highest BCUT2D eigenvalue weighted by molar-refractivity contribution is 8.00. The molecule has 106 valence electrons. The molecule has 1 aliphatic heterocycles. The van der Waals surface area contributed by atoms with Crippen molar-refractivity contribution < 1.29 is 22.6 Å². The second-order valence-corrected chi connectivity index (χ2v) is 5.24. The molecule has 1 heterocycles. The third-order valence-electron chi connectivity index (χ3n) is 2.71. The van der Waals surface area contributed by atoms with Crippen LogP contribution in [0.1, 0.15) is 18.5 Å². The Bertz CT molecular complexity index is 439. The van der Waals surface area contributed by atoms with Crippen molar-refractivity contribution in [1.82, 2.24) is 5.32 Å². The summed E-state index contributed by atoms with van der Waals surface area (Å²) in [6.07, 6.45) is 0. The maximum absolute atomic E-state index is 12.0. The number of thioether (sulfide) groups is 1. The van der Waals surface area contributed by atoms with Crippen LogP contribution in [-0.2, 0) is 0 Å². The van der Waals surface area contributed by atoms with E-state index in [1.165, 1.54) is 0 Å². The van der Waals surface area contributed by atoms with Crippen LogP contribution in [0.4, 0.5) is 13.2 Å². The highest BCUT2D eigenvalue weighted by Crippen LogP contribution is 2.34. The minimum absolute atomic E-state index is 0.00160. The molecule has 1 unspecified atom stereocenters. The van der Waals surface area contributed by atoms with Crippen molar-refractivity contribution in [2.45, 2.75) is 18.5 Å². The van der Waals surface area contributed by atoms with Crippen LogP contribution in [0.25, 0.3) is 0 Å². The fraction of sp³-hybridized carbons (Fsp3) is 0.500. The Morgan fingerprint density at radius 3 is 2.79 bits per heavy atom. The van der Waals surface area contributed by atoms with E-state index in [-0.39, 0.29) is 30.3 Å². The molecule has 3 nitrogen and oxygen atoms in total. The predicted molar refractivity (Wildman–Crippen MR) is 67.5 cm³/mol. The zero-order valence-corrected chi connectivity index (χ0v) is 11.1. The van der Waals surface area contributed by atoms with Gasteiger partial charge in [0.15, 0.2) is 11.5 Å². The van der Waals surface area contributed by atoms with Crippen molar-refractivity contribution in [2.75, 3.05) is 19.1 Å². The lowest BCUT2D eigenvalue weighted by Gasteiger charge is -2.15. The van der Waals surface area contributed by atoms with Crippen molar-refractivity contribution >= 4 is 11.8 Å². The van der Waals surface area contributed by atoms with Gasteiger partial charge in [-0.15, -0.1) is 0 Å². The number of hydrogen-bond donors (Lipinski definition) is 1. The number of nitrogens with one attached hydrogen (secondary N) is 1. The fourth-order valence-electron chi connectivity index (χ4n) is 1.74. The molecule has 0 radical (unpaired) electrons. The molecule has 0 spiro atoms. The normalized spacial score (nSPS) is 15.6. The standard InChI is InChI=1S/C12H14F3NO2S/c1-8(16-4-5-19-12(13,14)15)9-2-3-10-11(6-9)18-7-17-10/h2-3,6,8,16H,4-5,7H2,1H3. The molecule has 0 saturated heterocycles. The molecule has 1 atom stereocenters. The predicted octanol–water partition coefficient (Wildman–Crippen LogP) is 3.32. The number of fused-ring (bicyclic) bond motifs is 1. The first-order chi connectivity index (χ1) is 8.96. The molecule has 0 bridgehead atoms. The SMILES string of the molecule is CC(NCCSC(F)(F)F)c1ccc2c(c1)OCO2. The van der Waals surface area contributed by atoms with Gasteiger partial charge in [0, 0.05) is 18.3 Å². The number of benzene rings is 1. The second kappa shape index (κ2) is 5.92. The van der Waals surface area contributed by atoms with Gasteiger partial charge in [0.25, 0.3) is 0 Å². The molecule has 7 heteroatoms. The summed E-state index contributed by atoms with van der Waals surface area (Å²) >= 11 is -0.0163. The van der Waals surface area contributed by atoms with Gasteiger partial charge in [-0.2, -0.15) is 13.2 Å². The number of ether oxygens (including phenoxy) is 2. The molecule has 1 N–H and O–H groups in total. The van der Waals surface area contributed by atoms with Gasteiger partial charge in [-0.1, -0.05) is 6.07 Å². The van der Waals surface area contributed by atoms with E-state index in [0.29, 0.717) is 18.0 Å². The summed E-state index contributed by atoms with van der Waals surface area (Å²) in [5.41, 5.74) is -3.20. The Balaban J connectivity index is 1.81. The molecule has 0 aliphatic carbocycles. The zero-order valence-electron chi connectivity index (χ0n) is 10.3. The Morgan fingerprint density at radius 2 is 2.05 bits per heavy atom. The van der Waals surface area contributed by atoms with Gasteiger partial charge >= 0.3 is 5.51 Å². The third kappa shape index (κ3) is 4.21. The molecule has 19 heavy (non-hydrogen) atoms. The van der Waals surface area contributed by atoms with Crippen molar-refractivity contribution in [3.8, 4) is 11.5 Å². The van der Waals surface area contributed by atoms with Crippen molar-refractivity contribution in [2.24, 2.45) is 0 Å². The Hall–Kier alpha value is -1.08. The number of halogens is 3. The molecule has 2 rings (SSSR count). The van der Waals surface area contributed by atoms with Gasteiger partial charge < -0.3 is 14.8 Å². The van der Waals surface area contributed by atoms with Gasteiger partial charge in [-0.3, -0.25) is 0 Å². The summed E-state index contributed by atoms with van der Waals surface area (Å²) < 4.78 is 46.3. The summed E-state index contributed by atoms with van der Waals surface area (Å²) in [6, 6.07) is 5.49. The first-order valence-electron chi connectivity index (χ1n) is 5.79. The zero-order chi connectivity index (χ0) is 13.9. The van der Waals surface area contributed by atoms with Crippen molar-refractivity contribution in [3.63, 3.8) is 0 Å². The average molecular weight is 293 g/mol. The fourth-order valence-corrected chi connectivity index (χ4v) is 2.19. The minimum Gasteiger partial charge on any atom is -0.454 e. The first kappa shape index (κ1) is 14.3. The molecular weight excluding hydrogens is 279 g/mol. The van der Waals surface area contributed by atoms with Crippen LogP contribution >= 0.6 is 11.8 Å². The average Bonchev–Trinajstić information content (AvgIpc) is 2.80. The Labute approximate surface area is 113 Å². The highest BCUT2D eigenvalue weighted by Gasteiger charge is 2.27. The smallest absolute Gasteiger partial charge is 0.441 e. The molecular formula is C12H14F3NO2S. The lowest BCUT2D eigenvalue weighted by Crippen LogP contribution is -2.22. The molecule has 1 aliphatic rings. The van der Waals surface area contributed by atoms with Gasteiger partial charge in [-0.25, -0.2) is 0 Å². The maximum atomic E-state index is 12.0. The lowest BCUT2D eigenvalue weighted by atomic mass is 10.1. The topological polar surface area (TPSA) is 30.5 Å². The number of hydrogen-bond acceptors (Lipinski definition) is 4. The number of rotatable bonds is 5. The van der Waals surface area contributed by atoms with Gasteiger partial charge in [-0.05, 0) is 36.4 Å². The van der Waals surface area contributed by atoms with E-state index in [1.807, 2.05) is 19.1 Å². The van der Waals surface area contributed by atoms with E-state index >= 15 is 0 Å². The van der Waals surface area contributed by atoms with Crippen LogP contribution in [-0.4, -0.2) is 24.6 Å². The van der Waals surface area contributed by atoms with Gasteiger partial charge in [0.2, 0.25) is 6.79 Å². The van der Waals surface area contributed by atoms with E-state index in [2.05, 4.69) is 5.32 Å². The maximum Gasteiger partial charge on any atom is 0.441 e. The van der Waals surface area contributed by atoms with Gasteiger partial charge in [0.05, 0.1) is 0 Å². The molecule has 0 amide bonds. The summed E-state index contributed by atoms with van der Waals surface area (Å²) in [5.74, 6) is 1.37. The quantitative estimate of drug-likeness (QED) is 0.844. The van der Waals surface area contributed by atoms with Crippen LogP contribution in [0.3, 0.4) is 0 Å². The molecule has 0 fully saturated rings. The van der Waals surface area contributed by atoms with Crippen LogP contribution in [0, 0.1) is 0 Å². The summed E-state index contributed by atoms with van der Waals surface area (Å²) in [6.45, 7) is 2.40. The Kier molecular flexibility index (Phi) is 4.46. The van der Waals surface area contributed by atoms with Gasteiger partial charge in [0.1, 0.15) is 0 Å². The van der Waals surface area contributed by atoms with E-state index in [1.54, 1.807) is 6.07 Å². The van der Waals surface area contributed by atoms with E-state index in [0.717, 1.165) is 5.56 Å². The molecule has 0 aromatic heterocycles. The third-order valence-corrected chi connectivity index (χ3v) is 3.45. The highest BCUT2D eigenvalue weighted by atomic mass is 32.2. The largest absolute Gasteiger partial charge is 0.454 e. The van der Waals surface area contributed by atoms with Crippen molar-refractivity contribution in [1.29, 1.82) is 0 Å². The molecule has 0 saturated carbocycles.